The number of nitrogens with zero attached hydrogens (tertiary/aromatic N) is 1. The van der Waals surface area contributed by atoms with Gasteiger partial charge in [-0.15, -0.1) is 0 Å². The van der Waals surface area contributed by atoms with E-state index in [4.69, 9.17) is 14.0 Å². The van der Waals surface area contributed by atoms with E-state index in [1.807, 2.05) is 33.9 Å². The van der Waals surface area contributed by atoms with Crippen molar-refractivity contribution in [2.75, 3.05) is 6.61 Å². The third-order valence-corrected chi connectivity index (χ3v) is 4.96. The summed E-state index contributed by atoms with van der Waals surface area (Å²) >= 11 is 0. The van der Waals surface area contributed by atoms with Gasteiger partial charge in [-0.05, 0) is 46.0 Å². The average Bonchev–Trinajstić information content (AvgIpc) is 2.99. The van der Waals surface area contributed by atoms with Crippen LogP contribution in [0.15, 0.2) is 23.1 Å². The molecule has 2 aliphatic rings. The van der Waals surface area contributed by atoms with Crippen LogP contribution in [0, 0.1) is 0 Å². The Labute approximate surface area is 131 Å². The molecule has 2 fully saturated rings. The van der Waals surface area contributed by atoms with Gasteiger partial charge in [0.15, 0.2) is 0 Å². The Bertz CT molecular complexity index is 588. The lowest BCUT2D eigenvalue weighted by Crippen LogP contribution is -2.41. The van der Waals surface area contributed by atoms with E-state index in [2.05, 4.69) is 0 Å². The van der Waals surface area contributed by atoms with Crippen molar-refractivity contribution in [2.24, 2.45) is 0 Å². The van der Waals surface area contributed by atoms with Gasteiger partial charge >= 0.3 is 7.12 Å². The highest BCUT2D eigenvalue weighted by molar-refractivity contribution is 6.62. The smallest absolute Gasteiger partial charge is 0.399 e. The van der Waals surface area contributed by atoms with E-state index in [0.29, 0.717) is 6.54 Å². The lowest BCUT2D eigenvalue weighted by atomic mass is 9.80. The van der Waals surface area contributed by atoms with Gasteiger partial charge < -0.3 is 18.6 Å². The van der Waals surface area contributed by atoms with Crippen molar-refractivity contribution in [3.63, 3.8) is 0 Å². The summed E-state index contributed by atoms with van der Waals surface area (Å²) < 4.78 is 19.4. The first-order valence-corrected chi connectivity index (χ1v) is 7.96. The van der Waals surface area contributed by atoms with Gasteiger partial charge in [0.05, 0.1) is 23.9 Å². The summed E-state index contributed by atoms with van der Waals surface area (Å²) in [6, 6.07) is 3.37. The molecule has 2 saturated heterocycles. The van der Waals surface area contributed by atoms with E-state index in [0.717, 1.165) is 24.9 Å². The fourth-order valence-electron chi connectivity index (χ4n) is 2.82. The Morgan fingerprint density at radius 2 is 1.91 bits per heavy atom. The van der Waals surface area contributed by atoms with E-state index < -0.39 is 7.12 Å². The van der Waals surface area contributed by atoms with Gasteiger partial charge in [0.1, 0.15) is 0 Å². The van der Waals surface area contributed by atoms with Crippen LogP contribution in [0.5, 0.6) is 0 Å². The van der Waals surface area contributed by atoms with Crippen molar-refractivity contribution in [1.82, 2.24) is 4.57 Å². The highest BCUT2D eigenvalue weighted by atomic mass is 16.7. The second-order valence-electron chi connectivity index (χ2n) is 7.18. The Hall–Kier alpha value is -1.11. The second-order valence-corrected chi connectivity index (χ2v) is 7.18. The number of rotatable bonds is 3. The highest BCUT2D eigenvalue weighted by Crippen LogP contribution is 2.36. The van der Waals surface area contributed by atoms with Crippen LogP contribution in [0.1, 0.15) is 40.5 Å². The molecule has 0 N–H and O–H groups in total. The molecule has 1 aromatic heterocycles. The maximum Gasteiger partial charge on any atom is 0.496 e. The quantitative estimate of drug-likeness (QED) is 0.791. The van der Waals surface area contributed by atoms with Crippen LogP contribution in [-0.4, -0.2) is 35.6 Å². The number of pyridine rings is 1. The van der Waals surface area contributed by atoms with Crippen molar-refractivity contribution in [2.45, 2.75) is 64.4 Å². The zero-order valence-electron chi connectivity index (χ0n) is 13.8. The van der Waals surface area contributed by atoms with Crippen molar-refractivity contribution in [1.29, 1.82) is 0 Å². The minimum atomic E-state index is -0.443. The summed E-state index contributed by atoms with van der Waals surface area (Å²) in [7, 11) is -0.443. The molecule has 0 saturated carbocycles. The van der Waals surface area contributed by atoms with E-state index in [1.165, 1.54) is 0 Å². The van der Waals surface area contributed by atoms with Gasteiger partial charge in [0.25, 0.3) is 5.56 Å². The summed E-state index contributed by atoms with van der Waals surface area (Å²) in [5.41, 5.74) is 0.0902. The van der Waals surface area contributed by atoms with Crippen molar-refractivity contribution in [3.8, 4) is 0 Å². The summed E-state index contributed by atoms with van der Waals surface area (Å²) in [5.74, 6) is 0. The molecule has 6 heteroatoms. The van der Waals surface area contributed by atoms with Crippen LogP contribution in [0.3, 0.4) is 0 Å². The van der Waals surface area contributed by atoms with E-state index >= 15 is 0 Å². The highest BCUT2D eigenvalue weighted by Gasteiger charge is 2.51. The minimum absolute atomic E-state index is 0.0178. The number of ether oxygens (including phenoxy) is 1. The van der Waals surface area contributed by atoms with Gasteiger partial charge in [-0.2, -0.15) is 0 Å². The summed E-state index contributed by atoms with van der Waals surface area (Å²) in [4.78, 5) is 12.1. The average molecular weight is 305 g/mol. The third-order valence-electron chi connectivity index (χ3n) is 4.96. The van der Waals surface area contributed by atoms with E-state index in [1.54, 1.807) is 16.7 Å². The standard InChI is InChI=1S/C16H24BNO4/c1-15(2)16(3,4)22-17(21-15)12-7-8-14(19)18(10-12)11-13-6-5-9-20-13/h7-8,10,13H,5-6,9,11H2,1-4H3. The van der Waals surface area contributed by atoms with Crippen LogP contribution >= 0.6 is 0 Å². The molecule has 0 amide bonds. The summed E-state index contributed by atoms with van der Waals surface area (Å²) in [6.07, 6.45) is 4.04. The molecule has 0 aliphatic carbocycles. The Morgan fingerprint density at radius 3 is 2.50 bits per heavy atom. The first-order valence-electron chi connectivity index (χ1n) is 7.96. The molecule has 3 heterocycles. The molecule has 0 aromatic carbocycles. The molecule has 5 nitrogen and oxygen atoms in total. The Balaban J connectivity index is 1.82. The van der Waals surface area contributed by atoms with Crippen LogP contribution in [0.2, 0.25) is 0 Å². The first kappa shape index (κ1) is 15.8. The first-order chi connectivity index (χ1) is 10.3. The predicted octanol–water partition coefficient (Wildman–Crippen LogP) is 1.33. The molecule has 0 spiro atoms. The number of hydrogen-bond acceptors (Lipinski definition) is 4. The zero-order chi connectivity index (χ0) is 16.0. The number of aromatic nitrogens is 1. The molecule has 1 unspecified atom stereocenters. The van der Waals surface area contributed by atoms with Crippen molar-refractivity contribution < 1.29 is 14.0 Å². The molecular formula is C16H24BNO4. The maximum atomic E-state index is 12.1. The maximum absolute atomic E-state index is 12.1. The van der Waals surface area contributed by atoms with Crippen molar-refractivity contribution >= 4 is 12.6 Å². The fraction of sp³-hybridized carbons (Fsp3) is 0.688. The molecule has 1 aromatic rings. The monoisotopic (exact) mass is 305 g/mol. The van der Waals surface area contributed by atoms with Crippen LogP contribution in [0.4, 0.5) is 0 Å². The summed E-state index contributed by atoms with van der Waals surface area (Å²) in [5, 5.41) is 0. The lowest BCUT2D eigenvalue weighted by Gasteiger charge is -2.32. The molecule has 0 bridgehead atoms. The number of hydrogen-bond donors (Lipinski definition) is 0. The van der Waals surface area contributed by atoms with Crippen LogP contribution < -0.4 is 11.0 Å². The van der Waals surface area contributed by atoms with Gasteiger partial charge in [-0.3, -0.25) is 4.79 Å². The fourth-order valence-corrected chi connectivity index (χ4v) is 2.82. The van der Waals surface area contributed by atoms with Gasteiger partial charge in [0.2, 0.25) is 0 Å². The molecule has 3 rings (SSSR count). The molecule has 120 valence electrons. The SMILES string of the molecule is CC1(C)OB(c2ccc(=O)n(CC3CCCO3)c2)OC1(C)C. The van der Waals surface area contributed by atoms with Gasteiger partial charge in [0, 0.05) is 18.9 Å². The molecule has 22 heavy (non-hydrogen) atoms. The Kier molecular flexibility index (Phi) is 3.95. The normalized spacial score (nSPS) is 26.5. The molecular weight excluding hydrogens is 281 g/mol. The largest absolute Gasteiger partial charge is 0.496 e. The topological polar surface area (TPSA) is 49.7 Å². The second kappa shape index (κ2) is 5.51. The lowest BCUT2D eigenvalue weighted by molar-refractivity contribution is 0.00578. The zero-order valence-corrected chi connectivity index (χ0v) is 13.8. The minimum Gasteiger partial charge on any atom is -0.399 e. The predicted molar refractivity (Wildman–Crippen MR) is 85.4 cm³/mol. The van der Waals surface area contributed by atoms with Crippen LogP contribution in [-0.2, 0) is 20.6 Å². The van der Waals surface area contributed by atoms with Gasteiger partial charge in [-0.25, -0.2) is 0 Å². The molecule has 1 atom stereocenters. The molecule has 0 radical (unpaired) electrons. The molecule has 2 aliphatic heterocycles. The van der Waals surface area contributed by atoms with Crippen LogP contribution in [0.25, 0.3) is 0 Å². The van der Waals surface area contributed by atoms with E-state index in [-0.39, 0.29) is 22.9 Å². The van der Waals surface area contributed by atoms with Gasteiger partial charge in [-0.1, -0.05) is 6.07 Å². The van der Waals surface area contributed by atoms with Crippen molar-refractivity contribution in [3.05, 3.63) is 28.7 Å². The van der Waals surface area contributed by atoms with E-state index in [9.17, 15) is 4.79 Å². The Morgan fingerprint density at radius 1 is 1.23 bits per heavy atom. The third kappa shape index (κ3) is 2.87. The summed E-state index contributed by atoms with van der Waals surface area (Å²) in [6.45, 7) is 9.47.